The molecule has 0 aliphatic carbocycles. The summed E-state index contributed by atoms with van der Waals surface area (Å²) in [6.45, 7) is 0. The molecule has 6 aromatic carbocycles. The number of pyridine rings is 1. The fourth-order valence-electron chi connectivity index (χ4n) is 5.73. The summed E-state index contributed by atoms with van der Waals surface area (Å²) in [6.07, 6.45) is 1.99. The van der Waals surface area contributed by atoms with Crippen LogP contribution < -0.4 is 4.90 Å². The molecule has 8 rings (SSSR count). The van der Waals surface area contributed by atoms with E-state index in [1.54, 1.807) is 0 Å². The third-order valence-corrected chi connectivity index (χ3v) is 8.78. The molecular formula is C37H24N2S. The van der Waals surface area contributed by atoms with Crippen LogP contribution in [0.5, 0.6) is 0 Å². The maximum absolute atomic E-state index is 4.85. The van der Waals surface area contributed by atoms with E-state index in [9.17, 15) is 0 Å². The molecule has 188 valence electrons. The van der Waals surface area contributed by atoms with Gasteiger partial charge in [0.25, 0.3) is 0 Å². The van der Waals surface area contributed by atoms with Crippen molar-refractivity contribution in [1.29, 1.82) is 0 Å². The van der Waals surface area contributed by atoms with Gasteiger partial charge in [0.05, 0.1) is 11.2 Å². The number of hydrogen-bond acceptors (Lipinski definition) is 3. The average Bonchev–Trinajstić information content (AvgIpc) is 3.41. The molecule has 0 amide bonds. The topological polar surface area (TPSA) is 16.1 Å². The van der Waals surface area contributed by atoms with Gasteiger partial charge in [-0.05, 0) is 77.0 Å². The molecular weight excluding hydrogens is 504 g/mol. The maximum atomic E-state index is 4.85. The minimum Gasteiger partial charge on any atom is -0.310 e. The first-order valence-electron chi connectivity index (χ1n) is 13.5. The Kier molecular flexibility index (Phi) is 5.35. The lowest BCUT2D eigenvalue weighted by Crippen LogP contribution is -2.10. The first-order valence-corrected chi connectivity index (χ1v) is 14.3. The third-order valence-electron chi connectivity index (χ3n) is 7.64. The molecule has 0 bridgehead atoms. The number of aromatic nitrogens is 1. The maximum Gasteiger partial charge on any atom is 0.0703 e. The lowest BCUT2D eigenvalue weighted by atomic mass is 10.0. The molecule has 0 aliphatic rings. The van der Waals surface area contributed by atoms with Crippen LogP contribution in [0.2, 0.25) is 0 Å². The van der Waals surface area contributed by atoms with Gasteiger partial charge in [0.2, 0.25) is 0 Å². The Morgan fingerprint density at radius 1 is 0.500 bits per heavy atom. The monoisotopic (exact) mass is 528 g/mol. The highest BCUT2D eigenvalue weighted by molar-refractivity contribution is 7.26. The van der Waals surface area contributed by atoms with Gasteiger partial charge in [-0.1, -0.05) is 78.9 Å². The van der Waals surface area contributed by atoms with Crippen LogP contribution in [0.4, 0.5) is 17.1 Å². The highest BCUT2D eigenvalue weighted by Gasteiger charge is 2.18. The number of fused-ring (bicyclic) bond motifs is 5. The third kappa shape index (κ3) is 3.83. The fourth-order valence-corrected chi connectivity index (χ4v) is 6.86. The van der Waals surface area contributed by atoms with Gasteiger partial charge in [0.15, 0.2) is 0 Å². The first kappa shape index (κ1) is 22.9. The fraction of sp³-hybridized carbons (Fsp3) is 0. The zero-order valence-electron chi connectivity index (χ0n) is 21.7. The summed E-state index contributed by atoms with van der Waals surface area (Å²) in [5.41, 5.74) is 6.70. The molecule has 0 spiro atoms. The van der Waals surface area contributed by atoms with Crippen molar-refractivity contribution in [3.8, 4) is 11.1 Å². The van der Waals surface area contributed by atoms with Crippen LogP contribution in [0.3, 0.4) is 0 Å². The van der Waals surface area contributed by atoms with Crippen molar-refractivity contribution in [3.63, 3.8) is 0 Å². The number of nitrogens with zero attached hydrogens (tertiary/aromatic N) is 2. The second kappa shape index (κ2) is 9.33. The Balaban J connectivity index is 1.32. The standard InChI is InChI=1S/C37H24N2S/c1-2-11-30(12-3-1)39(34-14-8-16-36-37(34)32-13-6-7-15-35(32)40-36)31-19-20-33-28(23-31)22-29(24-38-33)27-18-17-25-9-4-5-10-26(25)21-27/h1-24H. The van der Waals surface area contributed by atoms with Gasteiger partial charge in [-0.15, -0.1) is 11.3 Å². The van der Waals surface area contributed by atoms with Crippen molar-refractivity contribution in [2.75, 3.05) is 4.90 Å². The molecule has 0 saturated carbocycles. The van der Waals surface area contributed by atoms with E-state index < -0.39 is 0 Å². The molecule has 3 heteroatoms. The molecule has 40 heavy (non-hydrogen) atoms. The van der Waals surface area contributed by atoms with E-state index in [2.05, 4.69) is 144 Å². The van der Waals surface area contributed by atoms with Crippen LogP contribution in [0.15, 0.2) is 146 Å². The second-order valence-electron chi connectivity index (χ2n) is 10.1. The Bertz CT molecular complexity index is 2180. The molecule has 2 nitrogen and oxygen atoms in total. The van der Waals surface area contributed by atoms with E-state index in [0.717, 1.165) is 27.8 Å². The molecule has 0 unspecified atom stereocenters. The van der Waals surface area contributed by atoms with E-state index in [0.29, 0.717) is 0 Å². The minimum absolute atomic E-state index is 0.987. The van der Waals surface area contributed by atoms with Gasteiger partial charge in [-0.2, -0.15) is 0 Å². The number of benzene rings is 6. The highest BCUT2D eigenvalue weighted by atomic mass is 32.1. The van der Waals surface area contributed by atoms with Crippen molar-refractivity contribution in [3.05, 3.63) is 146 Å². The highest BCUT2D eigenvalue weighted by Crippen LogP contribution is 2.45. The van der Waals surface area contributed by atoms with Crippen LogP contribution in [0.1, 0.15) is 0 Å². The normalized spacial score (nSPS) is 11.5. The van der Waals surface area contributed by atoms with Gasteiger partial charge in [0.1, 0.15) is 0 Å². The number of anilines is 3. The van der Waals surface area contributed by atoms with E-state index >= 15 is 0 Å². The van der Waals surface area contributed by atoms with Gasteiger partial charge in [-0.25, -0.2) is 0 Å². The molecule has 0 fully saturated rings. The predicted octanol–water partition coefficient (Wildman–Crippen LogP) is 10.9. The summed E-state index contributed by atoms with van der Waals surface area (Å²) in [5.74, 6) is 0. The van der Waals surface area contributed by atoms with Crippen molar-refractivity contribution >= 4 is 70.2 Å². The van der Waals surface area contributed by atoms with Gasteiger partial charge >= 0.3 is 0 Å². The SMILES string of the molecule is c1ccc(N(c2ccc3ncc(-c4ccc5ccccc5c4)cc3c2)c2cccc3sc4ccccc4c23)cc1. The van der Waals surface area contributed by atoms with Crippen LogP contribution >= 0.6 is 11.3 Å². The summed E-state index contributed by atoms with van der Waals surface area (Å²) >= 11 is 1.85. The molecule has 0 aliphatic heterocycles. The predicted molar refractivity (Wildman–Crippen MR) is 172 cm³/mol. The summed E-state index contributed by atoms with van der Waals surface area (Å²) < 4.78 is 2.60. The number of rotatable bonds is 4. The summed E-state index contributed by atoms with van der Waals surface area (Å²) in [6, 6.07) is 50.0. The molecule has 0 atom stereocenters. The Labute approximate surface area is 236 Å². The Hall–Kier alpha value is -4.99. The molecule has 2 aromatic heterocycles. The van der Waals surface area contributed by atoms with Crippen molar-refractivity contribution in [2.24, 2.45) is 0 Å². The minimum atomic E-state index is 0.987. The van der Waals surface area contributed by atoms with Crippen LogP contribution in [-0.4, -0.2) is 4.98 Å². The van der Waals surface area contributed by atoms with E-state index in [1.807, 2.05) is 17.5 Å². The summed E-state index contributed by atoms with van der Waals surface area (Å²) in [4.78, 5) is 7.23. The van der Waals surface area contributed by atoms with Gasteiger partial charge in [-0.3, -0.25) is 4.98 Å². The number of para-hydroxylation sites is 1. The Morgan fingerprint density at radius 2 is 1.27 bits per heavy atom. The first-order chi connectivity index (χ1) is 19.8. The van der Waals surface area contributed by atoms with Crippen molar-refractivity contribution in [1.82, 2.24) is 4.98 Å². The Morgan fingerprint density at radius 3 is 2.20 bits per heavy atom. The van der Waals surface area contributed by atoms with E-state index in [1.165, 1.54) is 42.2 Å². The largest absolute Gasteiger partial charge is 0.310 e. The molecule has 0 saturated heterocycles. The van der Waals surface area contributed by atoms with Crippen LogP contribution in [0, 0.1) is 0 Å². The summed E-state index contributed by atoms with van der Waals surface area (Å²) in [7, 11) is 0. The lowest BCUT2D eigenvalue weighted by molar-refractivity contribution is 1.30. The average molecular weight is 529 g/mol. The van der Waals surface area contributed by atoms with E-state index in [-0.39, 0.29) is 0 Å². The quantitative estimate of drug-likeness (QED) is 0.226. The molecule has 0 radical (unpaired) electrons. The molecule has 0 N–H and O–H groups in total. The van der Waals surface area contributed by atoms with Crippen LogP contribution in [-0.2, 0) is 0 Å². The second-order valence-corrected chi connectivity index (χ2v) is 11.2. The zero-order chi connectivity index (χ0) is 26.5. The van der Waals surface area contributed by atoms with Gasteiger partial charge < -0.3 is 4.90 Å². The smallest absolute Gasteiger partial charge is 0.0703 e. The van der Waals surface area contributed by atoms with Gasteiger partial charge in [0, 0.05) is 48.7 Å². The number of thiophene rings is 1. The van der Waals surface area contributed by atoms with Crippen molar-refractivity contribution < 1.29 is 0 Å². The van der Waals surface area contributed by atoms with E-state index in [4.69, 9.17) is 4.98 Å². The van der Waals surface area contributed by atoms with Crippen molar-refractivity contribution in [2.45, 2.75) is 0 Å². The summed E-state index contributed by atoms with van der Waals surface area (Å²) in [5, 5.41) is 6.18. The molecule has 2 heterocycles. The lowest BCUT2D eigenvalue weighted by Gasteiger charge is -2.26. The zero-order valence-corrected chi connectivity index (χ0v) is 22.5. The molecule has 8 aromatic rings. The van der Waals surface area contributed by atoms with Crippen LogP contribution in [0.25, 0.3) is 53.0 Å². The number of hydrogen-bond donors (Lipinski definition) is 0.